The minimum atomic E-state index is -0.277. The molecule has 1 N–H and O–H groups in total. The van der Waals surface area contributed by atoms with Gasteiger partial charge < -0.3 is 34.3 Å². The van der Waals surface area contributed by atoms with Crippen LogP contribution in [0.1, 0.15) is 191 Å². The molecule has 2 aromatic rings. The number of allylic oxidation sites excluding steroid dienone is 4. The molecule has 5 aliphatic rings. The number of piperidine rings is 3. The van der Waals surface area contributed by atoms with Crippen LogP contribution in [0.3, 0.4) is 0 Å². The first-order valence-electron chi connectivity index (χ1n) is 29.5. The number of hydrogen-bond donors (Lipinski definition) is 1. The van der Waals surface area contributed by atoms with Gasteiger partial charge in [-0.2, -0.15) is 0 Å². The van der Waals surface area contributed by atoms with Gasteiger partial charge in [0.05, 0.1) is 36.2 Å². The lowest BCUT2D eigenvalue weighted by Crippen LogP contribution is -2.47. The molecule has 2 aromatic carbocycles. The standard InChI is InChI=1S/C65H89N7O5.C2H6.2CH4.2H2/c1-13-45(4)55(19-16-48(7)73)40-62(74)58-23-20-56(39-59(58)46(5)14-2)54-26-31-69(32-27-54)43-52-24-33-70(34-25-52)63(75)38-51-17-21-57(22-18-51)67-49(8)68-60-44-71(35-28-53(60)15-3)61-41-66-50(9)76-37-36-72(42-47(61)6)65(29-30-65)77-64(10,11)12;1-2;;;;/h15,17-18,20-23,39,41,49,52,54-55,67H,1-2,9,16,19,24-38,40,42-44H2,3-8,10-12H3;1-2H3;2*1H4;2*1H/b53-15-,61-47+,66-41-,68-60-;;;;;. The average Bonchev–Trinajstić information content (AvgIpc) is 4.29. The zero-order chi connectivity index (χ0) is 57.4. The van der Waals surface area contributed by atoms with E-state index in [-0.39, 0.29) is 58.6 Å². The van der Waals surface area contributed by atoms with Crippen LogP contribution < -0.4 is 5.32 Å². The summed E-state index contributed by atoms with van der Waals surface area (Å²) in [5.74, 6) is 1.70. The van der Waals surface area contributed by atoms with Crippen LogP contribution in [0.5, 0.6) is 0 Å². The van der Waals surface area contributed by atoms with E-state index in [2.05, 4.69) is 145 Å². The SMILES string of the molecule is C.C.C=C=C(C)c1cc(C2CCN(CC3CCN(C(=O)Cc4ccc(NC(C)/N=C5/CN(C6=C(\C)CN(C7(OC(C)(C)C)CC7)CCOC(=C)/N=C\6)CC/C5=C/C)cc4)CC3)CC2)ccc1C(=O)CC(CCC(C)=O)C(C)=C=C.CC.[HH].[HH]. The van der Waals surface area contributed by atoms with E-state index in [1.807, 2.05) is 40.0 Å². The third-order valence-electron chi connectivity index (χ3n) is 16.4. The number of Topliss-reactive ketones (excluding diaryl/α,β-unsaturated/α-hetero) is 2. The Labute approximate surface area is 493 Å². The van der Waals surface area contributed by atoms with E-state index < -0.39 is 0 Å². The van der Waals surface area contributed by atoms with E-state index in [0.717, 1.165) is 137 Å². The van der Waals surface area contributed by atoms with Crippen LogP contribution in [-0.2, 0) is 25.5 Å². The Hall–Kier alpha value is -5.87. The number of rotatable bonds is 19. The number of carbonyl (C=O) groups excluding carboxylic acids is 3. The molecule has 448 valence electrons. The summed E-state index contributed by atoms with van der Waals surface area (Å²) in [6.07, 6.45) is 12.8. The Morgan fingerprint density at radius 1 is 0.938 bits per heavy atom. The highest BCUT2D eigenvalue weighted by atomic mass is 16.5. The van der Waals surface area contributed by atoms with Crippen molar-refractivity contribution in [3.63, 3.8) is 0 Å². The Balaban J connectivity index is 0.00000388. The summed E-state index contributed by atoms with van der Waals surface area (Å²) < 4.78 is 12.6. The summed E-state index contributed by atoms with van der Waals surface area (Å²) in [7, 11) is 0. The number of nitrogens with zero attached hydrogens (tertiary/aromatic N) is 6. The number of ketones is 2. The lowest BCUT2D eigenvalue weighted by molar-refractivity contribution is -0.153. The highest BCUT2D eigenvalue weighted by molar-refractivity contribution is 6.03. The minimum absolute atomic E-state index is 0. The maximum atomic E-state index is 13.8. The second-order valence-corrected chi connectivity index (χ2v) is 23.4. The third kappa shape index (κ3) is 19.4. The van der Waals surface area contributed by atoms with Crippen molar-refractivity contribution in [1.82, 2.24) is 19.6 Å². The smallest absolute Gasteiger partial charge is 0.226 e. The van der Waals surface area contributed by atoms with Crippen LogP contribution in [0.25, 0.3) is 5.57 Å². The fourth-order valence-corrected chi connectivity index (χ4v) is 11.7. The predicted octanol–water partition coefficient (Wildman–Crippen LogP) is 14.9. The molecule has 7 rings (SSSR count). The van der Waals surface area contributed by atoms with Crippen molar-refractivity contribution >= 4 is 40.7 Å². The van der Waals surface area contributed by atoms with E-state index in [4.69, 9.17) is 14.5 Å². The number of ether oxygens (including phenoxy) is 2. The van der Waals surface area contributed by atoms with Gasteiger partial charge in [-0.25, -0.2) is 4.99 Å². The molecule has 0 aromatic heterocycles. The van der Waals surface area contributed by atoms with Crippen molar-refractivity contribution in [3.8, 4) is 0 Å². The molecule has 2 atom stereocenters. The van der Waals surface area contributed by atoms with Crippen molar-refractivity contribution in [3.05, 3.63) is 130 Å². The fourth-order valence-electron chi connectivity index (χ4n) is 11.7. The van der Waals surface area contributed by atoms with E-state index >= 15 is 0 Å². The summed E-state index contributed by atoms with van der Waals surface area (Å²) in [4.78, 5) is 58.6. The summed E-state index contributed by atoms with van der Waals surface area (Å²) in [6.45, 7) is 42.3. The Kier molecular flexibility index (Phi) is 26.3. The number of anilines is 1. The molecule has 12 nitrogen and oxygen atoms in total. The van der Waals surface area contributed by atoms with E-state index in [1.54, 1.807) is 6.92 Å². The molecule has 4 aliphatic heterocycles. The van der Waals surface area contributed by atoms with Gasteiger partial charge >= 0.3 is 0 Å². The molecule has 1 aliphatic carbocycles. The molecule has 1 amide bonds. The van der Waals surface area contributed by atoms with Gasteiger partial charge in [0.25, 0.3) is 0 Å². The van der Waals surface area contributed by atoms with Gasteiger partial charge in [0.2, 0.25) is 11.8 Å². The van der Waals surface area contributed by atoms with Crippen LogP contribution in [0, 0.1) is 11.8 Å². The number of benzene rings is 2. The third-order valence-corrected chi connectivity index (χ3v) is 16.4. The molecule has 0 radical (unpaired) electrons. The van der Waals surface area contributed by atoms with Gasteiger partial charge in [-0.15, -0.1) is 11.5 Å². The van der Waals surface area contributed by atoms with Gasteiger partial charge in [-0.3, -0.25) is 19.5 Å². The Morgan fingerprint density at radius 2 is 1.62 bits per heavy atom. The highest BCUT2D eigenvalue weighted by Gasteiger charge is 2.51. The maximum absolute atomic E-state index is 13.8. The van der Waals surface area contributed by atoms with Crippen LogP contribution >= 0.6 is 0 Å². The van der Waals surface area contributed by atoms with Gasteiger partial charge in [0.15, 0.2) is 5.78 Å². The van der Waals surface area contributed by atoms with Crippen LogP contribution in [0.2, 0.25) is 0 Å². The Morgan fingerprint density at radius 3 is 2.22 bits per heavy atom. The first-order chi connectivity index (χ1) is 37.8. The van der Waals surface area contributed by atoms with Crippen LogP contribution in [-0.4, -0.2) is 132 Å². The fraction of sp³-hybridized carbons (Fsp3) is 0.580. The second kappa shape index (κ2) is 31.5. The molecule has 4 heterocycles. The average molecular weight is 1110 g/mol. The second-order valence-electron chi connectivity index (χ2n) is 23.4. The monoisotopic (exact) mass is 1110 g/mol. The largest absolute Gasteiger partial charge is 0.477 e. The van der Waals surface area contributed by atoms with Gasteiger partial charge in [0, 0.05) is 66.2 Å². The zero-order valence-electron chi connectivity index (χ0n) is 50.2. The number of amides is 1. The topological polar surface area (TPSA) is 119 Å². The van der Waals surface area contributed by atoms with Crippen molar-refractivity contribution in [2.24, 2.45) is 21.8 Å². The predicted molar refractivity (Wildman–Crippen MR) is 343 cm³/mol. The van der Waals surface area contributed by atoms with E-state index in [0.29, 0.717) is 62.1 Å². The highest BCUT2D eigenvalue weighted by Crippen LogP contribution is 2.46. The van der Waals surface area contributed by atoms with Gasteiger partial charge in [0.1, 0.15) is 24.3 Å². The van der Waals surface area contributed by atoms with Crippen LogP contribution in [0.15, 0.2) is 118 Å². The summed E-state index contributed by atoms with van der Waals surface area (Å²) in [5.41, 5.74) is 16.7. The first-order valence-corrected chi connectivity index (χ1v) is 29.5. The zero-order valence-corrected chi connectivity index (χ0v) is 50.2. The number of aliphatic imine (C=N–C) groups is 2. The minimum Gasteiger partial charge on any atom is -0.477 e. The molecule has 3 saturated heterocycles. The molecular weight excluding hydrogens is 1010 g/mol. The maximum Gasteiger partial charge on any atom is 0.226 e. The normalized spacial score (nSPS) is 21.3. The number of likely N-dealkylation sites (tertiary alicyclic amines) is 3. The Bertz CT molecular complexity index is 2710. The van der Waals surface area contributed by atoms with Gasteiger partial charge in [-0.1, -0.05) is 72.2 Å². The summed E-state index contributed by atoms with van der Waals surface area (Å²) >= 11 is 0. The van der Waals surface area contributed by atoms with Gasteiger partial charge in [-0.05, 0) is 208 Å². The molecular formula is C69H107N7O5. The summed E-state index contributed by atoms with van der Waals surface area (Å²) in [5, 5.41) is 3.60. The molecule has 12 heteroatoms. The van der Waals surface area contributed by atoms with Crippen molar-refractivity contribution in [2.45, 2.75) is 185 Å². The number of hydrogen-bond acceptors (Lipinski definition) is 11. The molecule has 2 unspecified atom stereocenters. The molecule has 81 heavy (non-hydrogen) atoms. The molecule has 0 bridgehead atoms. The molecule has 1 saturated carbocycles. The van der Waals surface area contributed by atoms with E-state index in [9.17, 15) is 14.4 Å². The van der Waals surface area contributed by atoms with Crippen molar-refractivity contribution in [2.75, 3.05) is 70.8 Å². The van der Waals surface area contributed by atoms with Crippen LogP contribution in [0.4, 0.5) is 5.69 Å². The summed E-state index contributed by atoms with van der Waals surface area (Å²) in [6, 6.07) is 14.6. The first kappa shape index (κ1) is 67.6. The number of carbonyl (C=O) groups is 3. The lowest BCUT2D eigenvalue weighted by atomic mass is 9.83. The lowest BCUT2D eigenvalue weighted by Gasteiger charge is -2.38. The number of nitrogens with one attached hydrogen (secondary N) is 1. The molecule has 0 spiro atoms. The molecule has 4 fully saturated rings. The quantitative estimate of drug-likeness (QED) is 0.108. The van der Waals surface area contributed by atoms with E-state index in [1.165, 1.54) is 16.7 Å². The van der Waals surface area contributed by atoms with Crippen molar-refractivity contribution < 1.29 is 26.7 Å². The van der Waals surface area contributed by atoms with Crippen molar-refractivity contribution in [1.29, 1.82) is 0 Å².